The Hall–Kier alpha value is -1.63. The molecule has 0 bridgehead atoms. The van der Waals surface area contributed by atoms with Crippen LogP contribution in [0.25, 0.3) is 0 Å². The fraction of sp³-hybridized carbons (Fsp3) is 0.412. The van der Waals surface area contributed by atoms with Crippen LogP contribution in [-0.4, -0.2) is 34.1 Å². The molecule has 5 nitrogen and oxygen atoms in total. The van der Waals surface area contributed by atoms with Gasteiger partial charge in [0.05, 0.1) is 12.6 Å². The molecule has 0 amide bonds. The smallest absolute Gasteiger partial charge is 0.172 e. The number of nitrogens with one attached hydrogen (secondary N) is 2. The van der Waals surface area contributed by atoms with E-state index < -0.39 is 0 Å². The van der Waals surface area contributed by atoms with Crippen molar-refractivity contribution in [3.05, 3.63) is 46.6 Å². The fourth-order valence-corrected chi connectivity index (χ4v) is 3.08. The van der Waals surface area contributed by atoms with Gasteiger partial charge in [0.2, 0.25) is 0 Å². The Labute approximate surface area is 152 Å². The van der Waals surface area contributed by atoms with Crippen LogP contribution in [0.1, 0.15) is 24.1 Å². The maximum Gasteiger partial charge on any atom is 0.172 e. The molecule has 2 heterocycles. The zero-order valence-corrected chi connectivity index (χ0v) is 15.2. The molecule has 1 fully saturated rings. The number of rotatable bonds is 5. The molecule has 0 aliphatic carbocycles. The van der Waals surface area contributed by atoms with E-state index in [0.717, 1.165) is 48.1 Å². The van der Waals surface area contributed by atoms with Crippen molar-refractivity contribution in [2.45, 2.75) is 32.4 Å². The van der Waals surface area contributed by atoms with E-state index in [1.165, 1.54) is 0 Å². The normalized spacial score (nSPS) is 17.0. The zero-order chi connectivity index (χ0) is 16.9. The van der Waals surface area contributed by atoms with E-state index in [4.69, 9.17) is 28.6 Å². The zero-order valence-electron chi connectivity index (χ0n) is 13.6. The predicted octanol–water partition coefficient (Wildman–Crippen LogP) is 3.36. The molecule has 7 heteroatoms. The van der Waals surface area contributed by atoms with E-state index in [1.807, 2.05) is 41.9 Å². The molecule has 24 heavy (non-hydrogen) atoms. The van der Waals surface area contributed by atoms with Crippen LogP contribution >= 0.6 is 23.8 Å². The molecule has 1 atom stereocenters. The van der Waals surface area contributed by atoms with Gasteiger partial charge >= 0.3 is 0 Å². The van der Waals surface area contributed by atoms with Crippen LogP contribution in [0, 0.1) is 6.92 Å². The third-order valence-corrected chi connectivity index (χ3v) is 4.63. The molecular weight excluding hydrogens is 344 g/mol. The first kappa shape index (κ1) is 17.2. The topological polar surface area (TPSA) is 51.1 Å². The van der Waals surface area contributed by atoms with Crippen LogP contribution in [0.5, 0.6) is 0 Å². The summed E-state index contributed by atoms with van der Waals surface area (Å²) in [7, 11) is 0. The van der Waals surface area contributed by atoms with E-state index in [9.17, 15) is 0 Å². The third kappa shape index (κ3) is 4.47. The van der Waals surface area contributed by atoms with E-state index in [-0.39, 0.29) is 6.10 Å². The number of aryl methyl sites for hydroxylation is 1. The van der Waals surface area contributed by atoms with Crippen molar-refractivity contribution < 1.29 is 4.74 Å². The Morgan fingerprint density at radius 3 is 3.04 bits per heavy atom. The van der Waals surface area contributed by atoms with Crippen LogP contribution in [0.3, 0.4) is 0 Å². The lowest BCUT2D eigenvalue weighted by molar-refractivity contribution is 0.114. The van der Waals surface area contributed by atoms with Gasteiger partial charge in [0, 0.05) is 29.9 Å². The molecular formula is C17H21ClN4OS. The lowest BCUT2D eigenvalue weighted by Gasteiger charge is -2.12. The molecule has 0 saturated carbocycles. The van der Waals surface area contributed by atoms with Crippen molar-refractivity contribution in [1.82, 2.24) is 15.1 Å². The fourth-order valence-electron chi connectivity index (χ4n) is 2.69. The number of hydrogen-bond donors (Lipinski definition) is 2. The lowest BCUT2D eigenvalue weighted by atomic mass is 10.2. The van der Waals surface area contributed by atoms with E-state index in [0.29, 0.717) is 11.7 Å². The highest BCUT2D eigenvalue weighted by molar-refractivity contribution is 7.80. The van der Waals surface area contributed by atoms with Gasteiger partial charge in [0.1, 0.15) is 0 Å². The van der Waals surface area contributed by atoms with E-state index in [1.54, 1.807) is 0 Å². The molecule has 0 spiro atoms. The number of nitrogens with zero attached hydrogens (tertiary/aromatic N) is 2. The first-order chi connectivity index (χ1) is 11.6. The van der Waals surface area contributed by atoms with Crippen molar-refractivity contribution in [3.8, 4) is 0 Å². The molecule has 0 radical (unpaired) electrons. The van der Waals surface area contributed by atoms with Crippen molar-refractivity contribution >= 4 is 34.7 Å². The van der Waals surface area contributed by atoms with Gasteiger partial charge in [-0.1, -0.05) is 29.8 Å². The molecule has 2 aromatic rings. The van der Waals surface area contributed by atoms with Crippen LogP contribution < -0.4 is 10.6 Å². The SMILES string of the molecule is Cc1cc(NC(=S)NCC2CCCO2)nn1Cc1ccccc1Cl. The van der Waals surface area contributed by atoms with E-state index >= 15 is 0 Å². The van der Waals surface area contributed by atoms with Crippen LogP contribution in [0.15, 0.2) is 30.3 Å². The lowest BCUT2D eigenvalue weighted by Crippen LogP contribution is -2.34. The highest BCUT2D eigenvalue weighted by atomic mass is 35.5. The molecule has 1 aromatic heterocycles. The second-order valence-corrected chi connectivity index (χ2v) is 6.71. The molecule has 1 aliphatic rings. The minimum Gasteiger partial charge on any atom is -0.376 e. The molecule has 1 aromatic carbocycles. The van der Waals surface area contributed by atoms with Gasteiger partial charge in [0.25, 0.3) is 0 Å². The second kappa shape index (κ2) is 7.96. The molecule has 128 valence electrons. The number of anilines is 1. The predicted molar refractivity (Wildman–Crippen MR) is 101 cm³/mol. The Kier molecular flexibility index (Phi) is 5.71. The standard InChI is InChI=1S/C17H21ClN4OS/c1-12-9-16(20-17(24)19-10-14-6-4-8-23-14)21-22(12)11-13-5-2-3-7-15(13)18/h2-3,5,7,9,14H,4,6,8,10-11H2,1H3,(H2,19,20,21,24). The number of aromatic nitrogens is 2. The molecule has 1 unspecified atom stereocenters. The highest BCUT2D eigenvalue weighted by Crippen LogP contribution is 2.18. The van der Waals surface area contributed by atoms with Crippen LogP contribution in [0.4, 0.5) is 5.82 Å². The first-order valence-electron chi connectivity index (χ1n) is 8.06. The summed E-state index contributed by atoms with van der Waals surface area (Å²) in [5.41, 5.74) is 2.08. The molecule has 1 saturated heterocycles. The molecule has 2 N–H and O–H groups in total. The maximum absolute atomic E-state index is 6.22. The Bertz CT molecular complexity index is 712. The van der Waals surface area contributed by atoms with Crippen molar-refractivity contribution in [1.29, 1.82) is 0 Å². The summed E-state index contributed by atoms with van der Waals surface area (Å²) in [5.74, 6) is 0.726. The van der Waals surface area contributed by atoms with Gasteiger partial charge in [-0.25, -0.2) is 0 Å². The van der Waals surface area contributed by atoms with Crippen LogP contribution in [0.2, 0.25) is 5.02 Å². The number of thiocarbonyl (C=S) groups is 1. The third-order valence-electron chi connectivity index (χ3n) is 4.02. The number of halogens is 1. The van der Waals surface area contributed by atoms with Gasteiger partial charge in [-0.2, -0.15) is 5.10 Å². The Morgan fingerprint density at radius 2 is 2.29 bits per heavy atom. The summed E-state index contributed by atoms with van der Waals surface area (Å²) in [6.45, 7) is 4.21. The number of ether oxygens (including phenoxy) is 1. The average molecular weight is 365 g/mol. The average Bonchev–Trinajstić information content (AvgIpc) is 3.18. The van der Waals surface area contributed by atoms with Crippen molar-refractivity contribution in [2.24, 2.45) is 0 Å². The summed E-state index contributed by atoms with van der Waals surface area (Å²) in [5, 5.41) is 12.2. The second-order valence-electron chi connectivity index (χ2n) is 5.89. The highest BCUT2D eigenvalue weighted by Gasteiger charge is 2.15. The van der Waals surface area contributed by atoms with Gasteiger partial charge < -0.3 is 15.4 Å². The van der Waals surface area contributed by atoms with Crippen molar-refractivity contribution in [3.63, 3.8) is 0 Å². The molecule has 3 rings (SSSR count). The van der Waals surface area contributed by atoms with Gasteiger partial charge in [-0.15, -0.1) is 0 Å². The van der Waals surface area contributed by atoms with Gasteiger partial charge in [-0.05, 0) is 43.6 Å². The number of hydrogen-bond acceptors (Lipinski definition) is 3. The Balaban J connectivity index is 1.57. The van der Waals surface area contributed by atoms with Crippen LogP contribution in [-0.2, 0) is 11.3 Å². The van der Waals surface area contributed by atoms with E-state index in [2.05, 4.69) is 15.7 Å². The first-order valence-corrected chi connectivity index (χ1v) is 8.85. The molecule has 1 aliphatic heterocycles. The van der Waals surface area contributed by atoms with Gasteiger partial charge in [0.15, 0.2) is 10.9 Å². The van der Waals surface area contributed by atoms with Crippen molar-refractivity contribution in [2.75, 3.05) is 18.5 Å². The summed E-state index contributed by atoms with van der Waals surface area (Å²) in [6, 6.07) is 9.76. The maximum atomic E-state index is 6.22. The summed E-state index contributed by atoms with van der Waals surface area (Å²) < 4.78 is 7.48. The Morgan fingerprint density at radius 1 is 1.46 bits per heavy atom. The number of benzene rings is 1. The summed E-state index contributed by atoms with van der Waals surface area (Å²) in [4.78, 5) is 0. The quantitative estimate of drug-likeness (QED) is 0.797. The summed E-state index contributed by atoms with van der Waals surface area (Å²) in [6.07, 6.45) is 2.46. The van der Waals surface area contributed by atoms with Gasteiger partial charge in [-0.3, -0.25) is 4.68 Å². The monoisotopic (exact) mass is 364 g/mol. The minimum absolute atomic E-state index is 0.254. The minimum atomic E-state index is 0.254. The summed E-state index contributed by atoms with van der Waals surface area (Å²) >= 11 is 11.5. The largest absolute Gasteiger partial charge is 0.376 e.